The van der Waals surface area contributed by atoms with E-state index in [0.717, 1.165) is 57.0 Å². The van der Waals surface area contributed by atoms with E-state index in [1.54, 1.807) is 7.11 Å². The maximum Gasteiger partial charge on any atom is 0.176 e. The number of hydrogen-bond donors (Lipinski definition) is 1. The van der Waals surface area contributed by atoms with Crippen LogP contribution in [0, 0.1) is 0 Å². The molecule has 23 heavy (non-hydrogen) atoms. The molecule has 0 atom stereocenters. The van der Waals surface area contributed by atoms with Crippen LogP contribution in [0.15, 0.2) is 56.3 Å². The molecule has 0 bridgehead atoms. The van der Waals surface area contributed by atoms with Crippen molar-refractivity contribution in [1.82, 2.24) is 5.32 Å². The summed E-state index contributed by atoms with van der Waals surface area (Å²) < 4.78 is 12.5. The topological polar surface area (TPSA) is 46.8 Å². The van der Waals surface area contributed by atoms with Crippen LogP contribution in [0.1, 0.15) is 5.56 Å². The van der Waals surface area contributed by atoms with Crippen molar-refractivity contribution in [3.8, 4) is 17.1 Å². The largest absolute Gasteiger partial charge is 0.493 e. The van der Waals surface area contributed by atoms with Crippen LogP contribution in [0.25, 0.3) is 22.3 Å². The van der Waals surface area contributed by atoms with Gasteiger partial charge in [0.15, 0.2) is 11.3 Å². The summed E-state index contributed by atoms with van der Waals surface area (Å²) in [6, 6.07) is 14.1. The smallest absolute Gasteiger partial charge is 0.176 e. The Hall–Kier alpha value is -2.27. The van der Waals surface area contributed by atoms with Gasteiger partial charge in [0.05, 0.1) is 13.7 Å². The van der Waals surface area contributed by atoms with Gasteiger partial charge < -0.3 is 14.5 Å². The molecule has 4 rings (SSSR count). The van der Waals surface area contributed by atoms with Crippen molar-refractivity contribution >= 4 is 32.7 Å². The molecule has 1 aliphatic heterocycles. The Morgan fingerprint density at radius 1 is 1.17 bits per heavy atom. The number of furan rings is 1. The zero-order valence-corrected chi connectivity index (χ0v) is 14.2. The molecule has 1 aromatic heterocycles. The van der Waals surface area contributed by atoms with Crippen LogP contribution in [0.2, 0.25) is 0 Å². The molecule has 0 aliphatic carbocycles. The summed E-state index contributed by atoms with van der Waals surface area (Å²) in [5.74, 6) is 2.45. The summed E-state index contributed by atoms with van der Waals surface area (Å²) in [5.41, 5.74) is 2.83. The Bertz CT molecular complexity index is 915. The first-order valence-corrected chi connectivity index (χ1v) is 8.21. The molecule has 0 unspecified atom stereocenters. The van der Waals surface area contributed by atoms with Gasteiger partial charge in [0, 0.05) is 27.5 Å². The Balaban J connectivity index is 1.90. The standard InChI is InChI=1S/C18H15BrN2O2/c1-22-16-10-12(19)8-11-9-15(23-17(11)16)13-4-2-3-5-14(13)18-20-6-7-21-18/h2-5,8-10H,6-7H2,1H3,(H,20,21). The third kappa shape index (κ3) is 2.51. The Labute approximate surface area is 142 Å². The van der Waals surface area contributed by atoms with Crippen LogP contribution < -0.4 is 10.1 Å². The predicted molar refractivity (Wildman–Crippen MR) is 95.3 cm³/mol. The average Bonchev–Trinajstić information content (AvgIpc) is 3.23. The summed E-state index contributed by atoms with van der Waals surface area (Å²) in [7, 11) is 1.65. The molecular formula is C18H15BrN2O2. The number of amidine groups is 1. The second-order valence-electron chi connectivity index (χ2n) is 5.34. The molecule has 5 heteroatoms. The van der Waals surface area contributed by atoms with E-state index in [0.29, 0.717) is 0 Å². The van der Waals surface area contributed by atoms with Gasteiger partial charge >= 0.3 is 0 Å². The summed E-state index contributed by atoms with van der Waals surface area (Å²) in [6.45, 7) is 1.69. The quantitative estimate of drug-likeness (QED) is 0.750. The van der Waals surface area contributed by atoms with Gasteiger partial charge in [-0.2, -0.15) is 0 Å². The molecule has 3 aromatic rings. The normalized spacial score (nSPS) is 13.9. The fourth-order valence-electron chi connectivity index (χ4n) is 2.85. The average molecular weight is 371 g/mol. The summed E-state index contributed by atoms with van der Waals surface area (Å²) >= 11 is 3.51. The molecule has 0 radical (unpaired) electrons. The maximum atomic E-state index is 6.10. The van der Waals surface area contributed by atoms with Crippen molar-refractivity contribution < 1.29 is 9.15 Å². The number of fused-ring (bicyclic) bond motifs is 1. The first-order chi connectivity index (χ1) is 11.3. The van der Waals surface area contributed by atoms with Gasteiger partial charge in [0.25, 0.3) is 0 Å². The van der Waals surface area contributed by atoms with E-state index in [4.69, 9.17) is 9.15 Å². The highest BCUT2D eigenvalue weighted by Crippen LogP contribution is 2.37. The molecule has 0 fully saturated rings. The zero-order valence-electron chi connectivity index (χ0n) is 12.6. The van der Waals surface area contributed by atoms with Gasteiger partial charge in [-0.1, -0.05) is 40.2 Å². The van der Waals surface area contributed by atoms with E-state index in [-0.39, 0.29) is 0 Å². The highest BCUT2D eigenvalue weighted by Gasteiger charge is 2.17. The van der Waals surface area contributed by atoms with E-state index < -0.39 is 0 Å². The van der Waals surface area contributed by atoms with E-state index >= 15 is 0 Å². The van der Waals surface area contributed by atoms with Crippen LogP contribution in [-0.2, 0) is 0 Å². The fraction of sp³-hybridized carbons (Fsp3) is 0.167. The number of nitrogens with zero attached hydrogens (tertiary/aromatic N) is 1. The second kappa shape index (κ2) is 5.74. The van der Waals surface area contributed by atoms with E-state index in [1.807, 2.05) is 30.3 Å². The minimum Gasteiger partial charge on any atom is -0.493 e. The van der Waals surface area contributed by atoms with E-state index in [2.05, 4.69) is 38.4 Å². The lowest BCUT2D eigenvalue weighted by molar-refractivity contribution is 0.410. The fourth-order valence-corrected chi connectivity index (χ4v) is 3.31. The van der Waals surface area contributed by atoms with Gasteiger partial charge in [-0.3, -0.25) is 4.99 Å². The predicted octanol–water partition coefficient (Wildman–Crippen LogP) is 4.22. The molecular weight excluding hydrogens is 356 g/mol. The van der Waals surface area contributed by atoms with E-state index in [9.17, 15) is 0 Å². The molecule has 116 valence electrons. The first-order valence-electron chi connectivity index (χ1n) is 7.41. The van der Waals surface area contributed by atoms with E-state index in [1.165, 1.54) is 0 Å². The van der Waals surface area contributed by atoms with Gasteiger partial charge in [-0.05, 0) is 18.2 Å². The molecule has 2 heterocycles. The Morgan fingerprint density at radius 2 is 2.00 bits per heavy atom. The third-order valence-corrected chi connectivity index (χ3v) is 4.35. The third-order valence-electron chi connectivity index (χ3n) is 3.89. The van der Waals surface area contributed by atoms with Gasteiger partial charge in [0.2, 0.25) is 0 Å². The molecule has 0 amide bonds. The monoisotopic (exact) mass is 370 g/mol. The van der Waals surface area contributed by atoms with Crippen LogP contribution in [0.5, 0.6) is 5.75 Å². The summed E-state index contributed by atoms with van der Waals surface area (Å²) in [5, 5.41) is 4.33. The summed E-state index contributed by atoms with van der Waals surface area (Å²) in [4.78, 5) is 4.53. The summed E-state index contributed by atoms with van der Waals surface area (Å²) in [6.07, 6.45) is 0. The Kier molecular flexibility index (Phi) is 3.58. The molecule has 0 spiro atoms. The molecule has 4 nitrogen and oxygen atoms in total. The van der Waals surface area contributed by atoms with Crippen LogP contribution in [-0.4, -0.2) is 26.0 Å². The van der Waals surface area contributed by atoms with Crippen molar-refractivity contribution in [3.63, 3.8) is 0 Å². The first kappa shape index (κ1) is 14.3. The minimum atomic E-state index is 0.717. The van der Waals surface area contributed by atoms with Crippen molar-refractivity contribution in [3.05, 3.63) is 52.5 Å². The molecule has 0 saturated carbocycles. The molecule has 1 aliphatic rings. The number of benzene rings is 2. The van der Waals surface area contributed by atoms with Crippen LogP contribution in [0.4, 0.5) is 0 Å². The van der Waals surface area contributed by atoms with Crippen molar-refractivity contribution in [2.45, 2.75) is 0 Å². The van der Waals surface area contributed by atoms with Crippen molar-refractivity contribution in [2.75, 3.05) is 20.2 Å². The van der Waals surface area contributed by atoms with Crippen LogP contribution in [0.3, 0.4) is 0 Å². The van der Waals surface area contributed by atoms with Crippen molar-refractivity contribution in [2.24, 2.45) is 4.99 Å². The number of ether oxygens (including phenoxy) is 1. The van der Waals surface area contributed by atoms with Gasteiger partial charge in [-0.25, -0.2) is 0 Å². The molecule has 2 aromatic carbocycles. The lowest BCUT2D eigenvalue weighted by atomic mass is 10.0. The number of methoxy groups -OCH3 is 1. The number of aliphatic imine (C=N–C) groups is 1. The molecule has 0 saturated heterocycles. The zero-order chi connectivity index (χ0) is 15.8. The number of rotatable bonds is 3. The number of halogens is 1. The number of nitrogens with one attached hydrogen (secondary N) is 1. The Morgan fingerprint density at radius 3 is 2.74 bits per heavy atom. The van der Waals surface area contributed by atoms with Crippen LogP contribution >= 0.6 is 15.9 Å². The van der Waals surface area contributed by atoms with Crippen molar-refractivity contribution in [1.29, 1.82) is 0 Å². The van der Waals surface area contributed by atoms with Gasteiger partial charge in [0.1, 0.15) is 11.6 Å². The maximum absolute atomic E-state index is 6.10. The highest BCUT2D eigenvalue weighted by molar-refractivity contribution is 9.10. The second-order valence-corrected chi connectivity index (χ2v) is 6.26. The minimum absolute atomic E-state index is 0.717. The lowest BCUT2D eigenvalue weighted by Crippen LogP contribution is -2.20. The highest BCUT2D eigenvalue weighted by atomic mass is 79.9. The number of hydrogen-bond acceptors (Lipinski definition) is 4. The lowest BCUT2D eigenvalue weighted by Gasteiger charge is -2.07. The van der Waals surface area contributed by atoms with Gasteiger partial charge in [-0.15, -0.1) is 0 Å². The SMILES string of the molecule is COc1cc(Br)cc2cc(-c3ccccc3C3=NCCN3)oc12. The molecule has 1 N–H and O–H groups in total.